The third-order valence-corrected chi connectivity index (χ3v) is 2.69. The summed E-state index contributed by atoms with van der Waals surface area (Å²) in [6.45, 7) is 5.18. The van der Waals surface area contributed by atoms with E-state index in [1.807, 2.05) is 13.8 Å². The lowest BCUT2D eigenvalue weighted by Crippen LogP contribution is -2.50. The molecule has 4 nitrogen and oxygen atoms in total. The molecule has 1 rings (SSSR count). The number of urea groups is 1. The number of hydrogen-bond donors (Lipinski definition) is 2. The van der Waals surface area contributed by atoms with E-state index in [1.54, 1.807) is 4.90 Å². The Balaban J connectivity index is 2.36. The third-order valence-electron chi connectivity index (χ3n) is 2.69. The molecular weight excluding hydrogens is 178 g/mol. The largest absolute Gasteiger partial charge is 0.335 e. The van der Waals surface area contributed by atoms with Crippen molar-refractivity contribution in [2.24, 2.45) is 5.73 Å². The summed E-state index contributed by atoms with van der Waals surface area (Å²) in [6.07, 6.45) is 3.49. The number of carbonyl (C=O) groups is 1. The summed E-state index contributed by atoms with van der Waals surface area (Å²) < 4.78 is 0. The predicted octanol–water partition coefficient (Wildman–Crippen LogP) is 0.918. The van der Waals surface area contributed by atoms with Gasteiger partial charge in [-0.1, -0.05) is 0 Å². The highest BCUT2D eigenvalue weighted by molar-refractivity contribution is 5.74. The monoisotopic (exact) mass is 199 g/mol. The van der Waals surface area contributed by atoms with Gasteiger partial charge in [0.25, 0.3) is 0 Å². The van der Waals surface area contributed by atoms with Crippen LogP contribution in [0.1, 0.15) is 33.1 Å². The van der Waals surface area contributed by atoms with Crippen LogP contribution in [0.15, 0.2) is 0 Å². The van der Waals surface area contributed by atoms with Crippen LogP contribution in [0.3, 0.4) is 0 Å². The second-order valence-electron chi connectivity index (χ2n) is 4.15. The first-order chi connectivity index (χ1) is 6.65. The molecule has 1 fully saturated rings. The van der Waals surface area contributed by atoms with E-state index in [4.69, 9.17) is 5.73 Å². The van der Waals surface area contributed by atoms with Crippen molar-refractivity contribution < 1.29 is 4.79 Å². The van der Waals surface area contributed by atoms with Crippen molar-refractivity contribution in [1.82, 2.24) is 10.2 Å². The summed E-state index contributed by atoms with van der Waals surface area (Å²) in [4.78, 5) is 13.5. The molecule has 0 spiro atoms. The minimum Gasteiger partial charge on any atom is -0.335 e. The van der Waals surface area contributed by atoms with Crippen molar-refractivity contribution in [2.75, 3.05) is 13.1 Å². The van der Waals surface area contributed by atoms with Gasteiger partial charge in [0.05, 0.1) is 0 Å². The maximum atomic E-state index is 11.7. The van der Waals surface area contributed by atoms with Gasteiger partial charge in [-0.3, -0.25) is 0 Å². The Morgan fingerprint density at radius 2 is 2.21 bits per heavy atom. The van der Waals surface area contributed by atoms with E-state index in [-0.39, 0.29) is 12.1 Å². The summed E-state index contributed by atoms with van der Waals surface area (Å²) in [5.74, 6) is 0. The van der Waals surface area contributed by atoms with Crippen LogP contribution in [0.2, 0.25) is 0 Å². The van der Waals surface area contributed by atoms with Crippen LogP contribution in [-0.2, 0) is 0 Å². The van der Waals surface area contributed by atoms with Gasteiger partial charge in [0.15, 0.2) is 0 Å². The lowest BCUT2D eigenvalue weighted by Gasteiger charge is -2.32. The van der Waals surface area contributed by atoms with E-state index in [2.05, 4.69) is 5.32 Å². The van der Waals surface area contributed by atoms with Gasteiger partial charge >= 0.3 is 6.03 Å². The maximum absolute atomic E-state index is 11.7. The molecule has 1 aliphatic rings. The minimum atomic E-state index is 0.0372. The van der Waals surface area contributed by atoms with Crippen LogP contribution in [0, 0.1) is 0 Å². The SMILES string of the molecule is CC(C)N(CCN)C(=O)NC1CCC1. The van der Waals surface area contributed by atoms with Crippen molar-refractivity contribution in [3.05, 3.63) is 0 Å². The van der Waals surface area contributed by atoms with Gasteiger partial charge in [0, 0.05) is 25.2 Å². The number of nitrogens with two attached hydrogens (primary N) is 1. The van der Waals surface area contributed by atoms with Gasteiger partial charge in [0.1, 0.15) is 0 Å². The number of carbonyl (C=O) groups excluding carboxylic acids is 1. The van der Waals surface area contributed by atoms with Crippen molar-refractivity contribution in [3.8, 4) is 0 Å². The Labute approximate surface area is 85.8 Å². The number of hydrogen-bond acceptors (Lipinski definition) is 2. The molecule has 0 aliphatic heterocycles. The molecule has 0 saturated heterocycles. The van der Waals surface area contributed by atoms with Crippen LogP contribution in [0.4, 0.5) is 4.79 Å². The summed E-state index contributed by atoms with van der Waals surface area (Å²) in [7, 11) is 0. The Hall–Kier alpha value is -0.770. The first-order valence-electron chi connectivity index (χ1n) is 5.42. The molecule has 0 bridgehead atoms. The Bertz CT molecular complexity index is 190. The quantitative estimate of drug-likeness (QED) is 0.707. The van der Waals surface area contributed by atoms with Crippen molar-refractivity contribution >= 4 is 6.03 Å². The molecule has 0 aromatic heterocycles. The van der Waals surface area contributed by atoms with Crippen LogP contribution in [-0.4, -0.2) is 36.1 Å². The molecule has 2 amide bonds. The number of amides is 2. The molecule has 4 heteroatoms. The molecular formula is C10H21N3O. The van der Waals surface area contributed by atoms with Gasteiger partial charge in [0.2, 0.25) is 0 Å². The summed E-state index contributed by atoms with van der Waals surface area (Å²) in [5.41, 5.74) is 5.46. The fourth-order valence-corrected chi connectivity index (χ4v) is 1.54. The molecule has 0 atom stereocenters. The molecule has 1 aliphatic carbocycles. The fraction of sp³-hybridized carbons (Fsp3) is 0.900. The number of rotatable bonds is 4. The molecule has 0 radical (unpaired) electrons. The fourth-order valence-electron chi connectivity index (χ4n) is 1.54. The zero-order valence-electron chi connectivity index (χ0n) is 9.12. The van der Waals surface area contributed by atoms with Crippen molar-refractivity contribution in [1.29, 1.82) is 0 Å². The van der Waals surface area contributed by atoms with E-state index >= 15 is 0 Å². The highest BCUT2D eigenvalue weighted by Crippen LogP contribution is 2.18. The van der Waals surface area contributed by atoms with E-state index in [9.17, 15) is 4.79 Å². The molecule has 82 valence electrons. The average molecular weight is 199 g/mol. The predicted molar refractivity (Wildman–Crippen MR) is 57.1 cm³/mol. The zero-order chi connectivity index (χ0) is 10.6. The highest BCUT2D eigenvalue weighted by Gasteiger charge is 2.23. The molecule has 3 N–H and O–H groups in total. The van der Waals surface area contributed by atoms with Crippen LogP contribution in [0.5, 0.6) is 0 Å². The first-order valence-corrected chi connectivity index (χ1v) is 5.42. The normalized spacial score (nSPS) is 16.6. The zero-order valence-corrected chi connectivity index (χ0v) is 9.12. The minimum absolute atomic E-state index is 0.0372. The molecule has 0 unspecified atom stereocenters. The van der Waals surface area contributed by atoms with Crippen LogP contribution < -0.4 is 11.1 Å². The second kappa shape index (κ2) is 5.20. The highest BCUT2D eigenvalue weighted by atomic mass is 16.2. The molecule has 14 heavy (non-hydrogen) atoms. The molecule has 0 aromatic rings. The second-order valence-corrected chi connectivity index (χ2v) is 4.15. The first kappa shape index (κ1) is 11.3. The molecule has 1 saturated carbocycles. The average Bonchev–Trinajstić information content (AvgIpc) is 2.06. The van der Waals surface area contributed by atoms with Crippen molar-refractivity contribution in [3.63, 3.8) is 0 Å². The Kier molecular flexibility index (Phi) is 4.20. The number of nitrogens with one attached hydrogen (secondary N) is 1. The van der Waals surface area contributed by atoms with Gasteiger partial charge in [-0.05, 0) is 33.1 Å². The van der Waals surface area contributed by atoms with E-state index in [0.717, 1.165) is 12.8 Å². The topological polar surface area (TPSA) is 58.4 Å². The van der Waals surface area contributed by atoms with E-state index in [1.165, 1.54) is 6.42 Å². The summed E-state index contributed by atoms with van der Waals surface area (Å²) in [6, 6.07) is 0.662. The van der Waals surface area contributed by atoms with Gasteiger partial charge < -0.3 is 16.0 Å². The lowest BCUT2D eigenvalue weighted by molar-refractivity contribution is 0.174. The lowest BCUT2D eigenvalue weighted by atomic mass is 9.93. The molecule has 0 heterocycles. The van der Waals surface area contributed by atoms with Crippen molar-refractivity contribution in [2.45, 2.75) is 45.2 Å². The number of nitrogens with zero attached hydrogens (tertiary/aromatic N) is 1. The van der Waals surface area contributed by atoms with Gasteiger partial charge in [-0.2, -0.15) is 0 Å². The Morgan fingerprint density at radius 1 is 1.57 bits per heavy atom. The maximum Gasteiger partial charge on any atom is 0.317 e. The van der Waals surface area contributed by atoms with Crippen LogP contribution >= 0.6 is 0 Å². The van der Waals surface area contributed by atoms with E-state index in [0.29, 0.717) is 19.1 Å². The van der Waals surface area contributed by atoms with E-state index < -0.39 is 0 Å². The standard InChI is InChI=1S/C10H21N3O/c1-8(2)13(7-6-11)10(14)12-9-4-3-5-9/h8-9H,3-7,11H2,1-2H3,(H,12,14). The summed E-state index contributed by atoms with van der Waals surface area (Å²) >= 11 is 0. The van der Waals surface area contributed by atoms with Gasteiger partial charge in [-0.15, -0.1) is 0 Å². The summed E-state index contributed by atoms with van der Waals surface area (Å²) in [5, 5.41) is 3.01. The smallest absolute Gasteiger partial charge is 0.317 e. The third kappa shape index (κ3) is 2.87. The van der Waals surface area contributed by atoms with Gasteiger partial charge in [-0.25, -0.2) is 4.79 Å². The van der Waals surface area contributed by atoms with Crippen LogP contribution in [0.25, 0.3) is 0 Å². The Morgan fingerprint density at radius 3 is 2.57 bits per heavy atom. The molecule has 0 aromatic carbocycles.